The van der Waals surface area contributed by atoms with Crippen molar-refractivity contribution in [3.05, 3.63) is 30.1 Å². The first kappa shape index (κ1) is 12.5. The number of nitrogens with two attached hydrogens (primary N) is 1. The van der Waals surface area contributed by atoms with E-state index in [4.69, 9.17) is 10.5 Å². The first-order valence-corrected chi connectivity index (χ1v) is 6.60. The van der Waals surface area contributed by atoms with Gasteiger partial charge < -0.3 is 10.5 Å². The van der Waals surface area contributed by atoms with Crippen LogP contribution in [0.4, 0.5) is 0 Å². The van der Waals surface area contributed by atoms with Gasteiger partial charge in [0.25, 0.3) is 0 Å². The van der Waals surface area contributed by atoms with Crippen molar-refractivity contribution in [2.75, 3.05) is 6.61 Å². The highest BCUT2D eigenvalue weighted by Crippen LogP contribution is 2.18. The fourth-order valence-electron chi connectivity index (χ4n) is 2.36. The third-order valence-corrected chi connectivity index (χ3v) is 3.38. The highest BCUT2D eigenvalue weighted by atomic mass is 16.5. The van der Waals surface area contributed by atoms with Gasteiger partial charge >= 0.3 is 0 Å². The summed E-state index contributed by atoms with van der Waals surface area (Å²) in [5.41, 5.74) is 7.42. The number of nitrogens with zero attached hydrogens (tertiary/aromatic N) is 1. The minimum atomic E-state index is 0.239. The zero-order chi connectivity index (χ0) is 11.9. The lowest BCUT2D eigenvalue weighted by molar-refractivity contribution is 0.00915. The standard InChI is InChI=1S/C14H22N2O/c15-13(11-12-6-8-16-9-7-12)4-5-14-3-1-2-10-17-14/h6-9,13-14H,1-5,10-11,15H2. The summed E-state index contributed by atoms with van der Waals surface area (Å²) < 4.78 is 5.71. The van der Waals surface area contributed by atoms with Crippen molar-refractivity contribution in [2.45, 2.75) is 50.7 Å². The fourth-order valence-corrected chi connectivity index (χ4v) is 2.36. The Morgan fingerprint density at radius 3 is 2.88 bits per heavy atom. The summed E-state index contributed by atoms with van der Waals surface area (Å²) in [5, 5.41) is 0. The molecular formula is C14H22N2O. The number of hydrogen-bond acceptors (Lipinski definition) is 3. The van der Waals surface area contributed by atoms with Crippen LogP contribution in [0.5, 0.6) is 0 Å². The Balaban J connectivity index is 1.68. The van der Waals surface area contributed by atoms with Crippen molar-refractivity contribution >= 4 is 0 Å². The molecule has 0 spiro atoms. The molecule has 2 unspecified atom stereocenters. The second-order valence-electron chi connectivity index (χ2n) is 4.89. The normalized spacial score (nSPS) is 22.3. The molecule has 1 aromatic rings. The lowest BCUT2D eigenvalue weighted by atomic mass is 9.98. The maximum atomic E-state index is 6.15. The van der Waals surface area contributed by atoms with Gasteiger partial charge in [-0.05, 0) is 56.2 Å². The van der Waals surface area contributed by atoms with Gasteiger partial charge in [-0.1, -0.05) is 0 Å². The Morgan fingerprint density at radius 2 is 2.18 bits per heavy atom. The smallest absolute Gasteiger partial charge is 0.0575 e. The average Bonchev–Trinajstić information content (AvgIpc) is 2.39. The van der Waals surface area contributed by atoms with Crippen LogP contribution < -0.4 is 5.73 Å². The SMILES string of the molecule is NC(CCC1CCCCO1)Cc1ccncc1. The Kier molecular flexibility index (Phi) is 4.95. The minimum absolute atomic E-state index is 0.239. The second kappa shape index (κ2) is 6.72. The lowest BCUT2D eigenvalue weighted by Gasteiger charge is -2.23. The number of pyridine rings is 1. The summed E-state index contributed by atoms with van der Waals surface area (Å²) in [6, 6.07) is 4.32. The molecule has 94 valence electrons. The first-order chi connectivity index (χ1) is 8.34. The zero-order valence-electron chi connectivity index (χ0n) is 10.3. The van der Waals surface area contributed by atoms with E-state index in [1.807, 2.05) is 24.5 Å². The van der Waals surface area contributed by atoms with Gasteiger partial charge in [0.1, 0.15) is 0 Å². The van der Waals surface area contributed by atoms with Gasteiger partial charge in [0.2, 0.25) is 0 Å². The van der Waals surface area contributed by atoms with Crippen LogP contribution in [-0.2, 0) is 11.2 Å². The van der Waals surface area contributed by atoms with Crippen LogP contribution in [0.2, 0.25) is 0 Å². The van der Waals surface area contributed by atoms with Gasteiger partial charge in [0.15, 0.2) is 0 Å². The van der Waals surface area contributed by atoms with Crippen molar-refractivity contribution < 1.29 is 4.74 Å². The molecule has 2 heterocycles. The quantitative estimate of drug-likeness (QED) is 0.850. The van der Waals surface area contributed by atoms with Crippen LogP contribution in [-0.4, -0.2) is 23.7 Å². The highest BCUT2D eigenvalue weighted by molar-refractivity contribution is 5.11. The summed E-state index contributed by atoms with van der Waals surface area (Å²) in [5.74, 6) is 0. The first-order valence-electron chi connectivity index (χ1n) is 6.60. The topological polar surface area (TPSA) is 48.1 Å². The highest BCUT2D eigenvalue weighted by Gasteiger charge is 2.15. The summed E-state index contributed by atoms with van der Waals surface area (Å²) >= 11 is 0. The summed E-state index contributed by atoms with van der Waals surface area (Å²) in [6.45, 7) is 0.935. The van der Waals surface area contributed by atoms with Crippen LogP contribution in [0.15, 0.2) is 24.5 Å². The monoisotopic (exact) mass is 234 g/mol. The van der Waals surface area contributed by atoms with Gasteiger partial charge in [-0.2, -0.15) is 0 Å². The molecule has 2 rings (SSSR count). The molecule has 0 amide bonds. The molecule has 2 atom stereocenters. The Hall–Kier alpha value is -0.930. The van der Waals surface area contributed by atoms with Crippen molar-refractivity contribution in [3.63, 3.8) is 0 Å². The van der Waals surface area contributed by atoms with E-state index in [0.717, 1.165) is 25.9 Å². The van der Waals surface area contributed by atoms with E-state index >= 15 is 0 Å². The number of ether oxygens (including phenoxy) is 1. The molecule has 0 radical (unpaired) electrons. The molecule has 2 N–H and O–H groups in total. The molecule has 1 saturated heterocycles. The van der Waals surface area contributed by atoms with Crippen LogP contribution in [0.3, 0.4) is 0 Å². The Labute approximate surface area is 103 Å². The molecule has 1 fully saturated rings. The zero-order valence-corrected chi connectivity index (χ0v) is 10.3. The number of aromatic nitrogens is 1. The largest absolute Gasteiger partial charge is 0.378 e. The van der Waals surface area contributed by atoms with Gasteiger partial charge in [-0.25, -0.2) is 0 Å². The third-order valence-electron chi connectivity index (χ3n) is 3.38. The molecule has 1 aliphatic rings. The fraction of sp³-hybridized carbons (Fsp3) is 0.643. The lowest BCUT2D eigenvalue weighted by Crippen LogP contribution is -2.27. The number of rotatable bonds is 5. The average molecular weight is 234 g/mol. The minimum Gasteiger partial charge on any atom is -0.378 e. The second-order valence-corrected chi connectivity index (χ2v) is 4.89. The molecule has 0 aliphatic carbocycles. The summed E-state index contributed by atoms with van der Waals surface area (Å²) in [7, 11) is 0. The maximum absolute atomic E-state index is 6.15. The van der Waals surface area contributed by atoms with Crippen molar-refractivity contribution in [2.24, 2.45) is 5.73 Å². The Morgan fingerprint density at radius 1 is 1.35 bits per heavy atom. The van der Waals surface area contributed by atoms with E-state index in [-0.39, 0.29) is 6.04 Å². The van der Waals surface area contributed by atoms with Crippen molar-refractivity contribution in [3.8, 4) is 0 Å². The molecule has 1 aliphatic heterocycles. The van der Waals surface area contributed by atoms with E-state index in [1.54, 1.807) is 0 Å². The van der Waals surface area contributed by atoms with Gasteiger partial charge in [-0.3, -0.25) is 4.98 Å². The molecule has 1 aromatic heterocycles. The van der Waals surface area contributed by atoms with Crippen LogP contribution in [0.1, 0.15) is 37.7 Å². The predicted octanol–water partition coefficient (Wildman–Crippen LogP) is 2.30. The predicted molar refractivity (Wildman–Crippen MR) is 68.7 cm³/mol. The van der Waals surface area contributed by atoms with E-state index in [0.29, 0.717) is 6.10 Å². The maximum Gasteiger partial charge on any atom is 0.0575 e. The third kappa shape index (κ3) is 4.44. The van der Waals surface area contributed by atoms with E-state index in [2.05, 4.69) is 4.98 Å². The van der Waals surface area contributed by atoms with Crippen molar-refractivity contribution in [1.82, 2.24) is 4.98 Å². The van der Waals surface area contributed by atoms with Gasteiger partial charge in [0, 0.05) is 25.0 Å². The molecule has 3 nitrogen and oxygen atoms in total. The molecule has 17 heavy (non-hydrogen) atoms. The molecule has 0 aromatic carbocycles. The Bertz CT molecular complexity index is 309. The van der Waals surface area contributed by atoms with E-state index in [1.165, 1.54) is 24.8 Å². The molecule has 0 saturated carbocycles. The van der Waals surface area contributed by atoms with Crippen LogP contribution in [0.25, 0.3) is 0 Å². The van der Waals surface area contributed by atoms with Gasteiger partial charge in [-0.15, -0.1) is 0 Å². The summed E-state index contributed by atoms with van der Waals surface area (Å²) in [4.78, 5) is 4.01. The molecular weight excluding hydrogens is 212 g/mol. The van der Waals surface area contributed by atoms with E-state index < -0.39 is 0 Å². The molecule has 3 heteroatoms. The van der Waals surface area contributed by atoms with Gasteiger partial charge in [0.05, 0.1) is 6.10 Å². The van der Waals surface area contributed by atoms with Crippen LogP contribution in [0, 0.1) is 0 Å². The number of hydrogen-bond donors (Lipinski definition) is 1. The molecule has 0 bridgehead atoms. The van der Waals surface area contributed by atoms with Crippen molar-refractivity contribution in [1.29, 1.82) is 0 Å². The van der Waals surface area contributed by atoms with Crippen LogP contribution >= 0.6 is 0 Å². The van der Waals surface area contributed by atoms with E-state index in [9.17, 15) is 0 Å². The summed E-state index contributed by atoms with van der Waals surface area (Å²) in [6.07, 6.45) is 10.9.